The van der Waals surface area contributed by atoms with Crippen molar-refractivity contribution in [3.05, 3.63) is 34.7 Å². The SMILES string of the molecule is CS(=O)(=O)CC1=CS(=O)(=O)c2cc(C(=O)O)ccc21. The first-order valence-electron chi connectivity index (χ1n) is 5.11. The second-order valence-electron chi connectivity index (χ2n) is 4.27. The fraction of sp³-hybridized carbons (Fsp3) is 0.182. The number of fused-ring (bicyclic) bond motifs is 1. The van der Waals surface area contributed by atoms with Crippen LogP contribution in [-0.4, -0.2) is 39.9 Å². The van der Waals surface area contributed by atoms with Gasteiger partial charge in [0.15, 0.2) is 9.84 Å². The van der Waals surface area contributed by atoms with Crippen LogP contribution in [0.4, 0.5) is 0 Å². The topological polar surface area (TPSA) is 106 Å². The summed E-state index contributed by atoms with van der Waals surface area (Å²) in [6.45, 7) is 0. The maximum absolute atomic E-state index is 11.9. The lowest BCUT2D eigenvalue weighted by Gasteiger charge is -2.04. The molecular weight excluding hydrogens is 292 g/mol. The van der Waals surface area contributed by atoms with Gasteiger partial charge < -0.3 is 5.11 Å². The van der Waals surface area contributed by atoms with Crippen molar-refractivity contribution in [1.29, 1.82) is 0 Å². The average molecular weight is 302 g/mol. The molecule has 0 bridgehead atoms. The van der Waals surface area contributed by atoms with Crippen LogP contribution in [0.5, 0.6) is 0 Å². The van der Waals surface area contributed by atoms with Crippen LogP contribution in [-0.2, 0) is 19.7 Å². The van der Waals surface area contributed by atoms with E-state index in [4.69, 9.17) is 5.11 Å². The van der Waals surface area contributed by atoms with Crippen molar-refractivity contribution in [2.75, 3.05) is 12.0 Å². The Morgan fingerprint density at radius 3 is 2.47 bits per heavy atom. The zero-order chi connectivity index (χ0) is 14.4. The van der Waals surface area contributed by atoms with Gasteiger partial charge in [0.1, 0.15) is 0 Å². The molecule has 0 aliphatic carbocycles. The van der Waals surface area contributed by atoms with E-state index in [1.165, 1.54) is 12.1 Å². The molecule has 6 nitrogen and oxygen atoms in total. The highest BCUT2D eigenvalue weighted by Crippen LogP contribution is 2.34. The fourth-order valence-corrected chi connectivity index (χ4v) is 4.28. The van der Waals surface area contributed by atoms with Crippen LogP contribution >= 0.6 is 0 Å². The largest absolute Gasteiger partial charge is 0.478 e. The number of benzene rings is 1. The van der Waals surface area contributed by atoms with E-state index in [1.54, 1.807) is 0 Å². The third kappa shape index (κ3) is 2.69. The molecule has 102 valence electrons. The second kappa shape index (κ2) is 4.17. The highest BCUT2D eigenvalue weighted by atomic mass is 32.2. The first kappa shape index (κ1) is 13.8. The minimum atomic E-state index is -3.77. The van der Waals surface area contributed by atoms with Gasteiger partial charge in [0, 0.05) is 11.7 Å². The van der Waals surface area contributed by atoms with Crippen LogP contribution in [0.25, 0.3) is 5.57 Å². The van der Waals surface area contributed by atoms with Gasteiger partial charge in [-0.05, 0) is 23.3 Å². The minimum Gasteiger partial charge on any atom is -0.478 e. The van der Waals surface area contributed by atoms with Crippen LogP contribution in [0.3, 0.4) is 0 Å². The van der Waals surface area contributed by atoms with Crippen molar-refractivity contribution in [2.45, 2.75) is 4.90 Å². The predicted octanol–water partition coefficient (Wildman–Crippen LogP) is 0.558. The summed E-state index contributed by atoms with van der Waals surface area (Å²) in [5.74, 6) is -1.64. The predicted molar refractivity (Wildman–Crippen MR) is 68.3 cm³/mol. The molecule has 0 fully saturated rings. The first-order valence-corrected chi connectivity index (χ1v) is 8.72. The second-order valence-corrected chi connectivity index (χ2v) is 8.18. The Morgan fingerprint density at radius 1 is 1.32 bits per heavy atom. The first-order chi connectivity index (χ1) is 8.60. The number of carboxylic acids is 1. The number of rotatable bonds is 3. The average Bonchev–Trinajstić information content (AvgIpc) is 2.48. The number of carboxylic acid groups (broad SMARTS) is 1. The molecule has 0 spiro atoms. The van der Waals surface area contributed by atoms with Gasteiger partial charge in [-0.1, -0.05) is 6.07 Å². The summed E-state index contributed by atoms with van der Waals surface area (Å²) in [5.41, 5.74) is 0.251. The van der Waals surface area contributed by atoms with Gasteiger partial charge in [-0.2, -0.15) is 0 Å². The summed E-state index contributed by atoms with van der Waals surface area (Å²) in [6.07, 6.45) is 1.00. The molecule has 1 aliphatic heterocycles. The third-order valence-corrected chi connectivity index (χ3v) is 4.98. The van der Waals surface area contributed by atoms with Gasteiger partial charge in [-0.25, -0.2) is 21.6 Å². The summed E-state index contributed by atoms with van der Waals surface area (Å²) in [4.78, 5) is 10.7. The molecule has 1 aromatic carbocycles. The molecule has 1 N–H and O–H groups in total. The van der Waals surface area contributed by atoms with Crippen LogP contribution in [0.15, 0.2) is 28.5 Å². The Balaban J connectivity index is 2.61. The van der Waals surface area contributed by atoms with E-state index in [0.717, 1.165) is 17.7 Å². The van der Waals surface area contributed by atoms with Crippen molar-refractivity contribution in [3.8, 4) is 0 Å². The lowest BCUT2D eigenvalue weighted by molar-refractivity contribution is 0.0696. The van der Waals surface area contributed by atoms with E-state index < -0.39 is 31.4 Å². The van der Waals surface area contributed by atoms with Gasteiger partial charge >= 0.3 is 5.97 Å². The summed E-state index contributed by atoms with van der Waals surface area (Å²) < 4.78 is 46.2. The lowest BCUT2D eigenvalue weighted by atomic mass is 10.1. The Labute approximate surface area is 110 Å². The van der Waals surface area contributed by atoms with E-state index in [-0.39, 0.29) is 21.6 Å². The van der Waals surface area contributed by atoms with Crippen molar-refractivity contribution >= 4 is 31.2 Å². The quantitative estimate of drug-likeness (QED) is 0.874. The molecule has 0 saturated carbocycles. The molecule has 19 heavy (non-hydrogen) atoms. The summed E-state index contributed by atoms with van der Waals surface area (Å²) in [5, 5.41) is 9.71. The van der Waals surface area contributed by atoms with Gasteiger partial charge in [0.05, 0.1) is 16.2 Å². The molecule has 0 saturated heterocycles. The molecule has 0 atom stereocenters. The van der Waals surface area contributed by atoms with Crippen LogP contribution < -0.4 is 0 Å². The van der Waals surface area contributed by atoms with Crippen molar-refractivity contribution in [2.24, 2.45) is 0 Å². The molecule has 2 rings (SSSR count). The van der Waals surface area contributed by atoms with E-state index in [2.05, 4.69) is 0 Å². The van der Waals surface area contributed by atoms with Crippen molar-refractivity contribution in [1.82, 2.24) is 0 Å². The Hall–Kier alpha value is -1.67. The van der Waals surface area contributed by atoms with Gasteiger partial charge in [0.2, 0.25) is 9.84 Å². The number of hydrogen-bond acceptors (Lipinski definition) is 5. The fourth-order valence-electron chi connectivity index (χ4n) is 1.86. The third-order valence-electron chi connectivity index (χ3n) is 2.60. The monoisotopic (exact) mass is 302 g/mol. The van der Waals surface area contributed by atoms with Gasteiger partial charge in [-0.15, -0.1) is 0 Å². The Morgan fingerprint density at radius 2 is 1.95 bits per heavy atom. The van der Waals surface area contributed by atoms with Crippen LogP contribution in [0, 0.1) is 0 Å². The molecule has 8 heteroatoms. The van der Waals surface area contributed by atoms with E-state index >= 15 is 0 Å². The molecule has 0 radical (unpaired) electrons. The van der Waals surface area contributed by atoms with Crippen molar-refractivity contribution < 1.29 is 26.7 Å². The maximum atomic E-state index is 11.9. The van der Waals surface area contributed by atoms with E-state index in [0.29, 0.717) is 0 Å². The zero-order valence-electron chi connectivity index (χ0n) is 9.82. The highest BCUT2D eigenvalue weighted by molar-refractivity contribution is 7.95. The minimum absolute atomic E-state index is 0.156. The van der Waals surface area contributed by atoms with E-state index in [1.807, 2.05) is 0 Å². The molecular formula is C11H10O6S2. The molecule has 1 aromatic rings. The Kier molecular flexibility index (Phi) is 3.02. The number of sulfone groups is 2. The normalized spacial score (nSPS) is 16.8. The molecule has 1 aliphatic rings. The van der Waals surface area contributed by atoms with E-state index in [9.17, 15) is 21.6 Å². The Bertz CT molecular complexity index is 800. The smallest absolute Gasteiger partial charge is 0.335 e. The lowest BCUT2D eigenvalue weighted by Crippen LogP contribution is -2.05. The summed E-state index contributed by atoms with van der Waals surface area (Å²) >= 11 is 0. The summed E-state index contributed by atoms with van der Waals surface area (Å²) in [7, 11) is -7.15. The number of hydrogen-bond donors (Lipinski definition) is 1. The maximum Gasteiger partial charge on any atom is 0.335 e. The van der Waals surface area contributed by atoms with Crippen molar-refractivity contribution in [3.63, 3.8) is 0 Å². The number of aromatic carboxylic acids is 1. The van der Waals surface area contributed by atoms with Crippen LogP contribution in [0.1, 0.15) is 15.9 Å². The van der Waals surface area contributed by atoms with Gasteiger partial charge in [0.25, 0.3) is 0 Å². The standard InChI is InChI=1S/C11H10O6S2/c1-18(14,15)5-8-6-19(16,17)10-4-7(11(12)13)2-3-9(8)10/h2-4,6H,5H2,1H3,(H,12,13). The van der Waals surface area contributed by atoms with Gasteiger partial charge in [-0.3, -0.25) is 0 Å². The molecule has 0 amide bonds. The zero-order valence-corrected chi connectivity index (χ0v) is 11.5. The molecule has 0 aromatic heterocycles. The number of carbonyl (C=O) groups is 1. The molecule has 0 unspecified atom stereocenters. The van der Waals surface area contributed by atoms with Crippen LogP contribution in [0.2, 0.25) is 0 Å². The summed E-state index contributed by atoms with van der Waals surface area (Å²) in [6, 6.07) is 3.61. The highest BCUT2D eigenvalue weighted by Gasteiger charge is 2.29. The molecule has 1 heterocycles.